The van der Waals surface area contributed by atoms with Gasteiger partial charge in [-0.15, -0.1) is 0 Å². The topological polar surface area (TPSA) is 88.9 Å². The number of aromatic nitrogens is 3. The van der Waals surface area contributed by atoms with E-state index in [0.29, 0.717) is 6.54 Å². The van der Waals surface area contributed by atoms with Crippen LogP contribution in [0.2, 0.25) is 0 Å². The maximum atomic E-state index is 12.1. The Hall–Kier alpha value is -2.70. The van der Waals surface area contributed by atoms with Gasteiger partial charge in [0.05, 0.1) is 6.04 Å². The predicted octanol–water partition coefficient (Wildman–Crippen LogP) is 2.30. The van der Waals surface area contributed by atoms with Crippen molar-refractivity contribution < 1.29 is 9.59 Å². The lowest BCUT2D eigenvalue weighted by Crippen LogP contribution is -2.30. The van der Waals surface area contributed by atoms with Crippen LogP contribution in [0.5, 0.6) is 0 Å². The third-order valence-electron chi connectivity index (χ3n) is 4.00. The number of hydrogen-bond donors (Lipinski definition) is 2. The summed E-state index contributed by atoms with van der Waals surface area (Å²) in [6, 6.07) is 4.07. The number of carbonyl (C=O) groups is 2. The fourth-order valence-electron chi connectivity index (χ4n) is 2.69. The summed E-state index contributed by atoms with van der Waals surface area (Å²) in [5.41, 5.74) is 4.04. The largest absolute Gasteiger partial charge is 0.354 e. The second-order valence-corrected chi connectivity index (χ2v) is 6.35. The zero-order valence-electron chi connectivity index (χ0n) is 15.2. The Kier molecular flexibility index (Phi) is 6.27. The Morgan fingerprint density at radius 3 is 2.36 bits per heavy atom. The molecule has 0 radical (unpaired) electrons. The van der Waals surface area contributed by atoms with Gasteiger partial charge in [0.15, 0.2) is 0 Å². The Morgan fingerprint density at radius 1 is 1.12 bits per heavy atom. The van der Waals surface area contributed by atoms with Gasteiger partial charge in [0.1, 0.15) is 12.7 Å². The molecule has 2 N–H and O–H groups in total. The second kappa shape index (κ2) is 8.41. The lowest BCUT2D eigenvalue weighted by Gasteiger charge is -2.14. The molecule has 1 heterocycles. The fraction of sp³-hybridized carbons (Fsp3) is 0.444. The molecule has 0 saturated carbocycles. The quantitative estimate of drug-likeness (QED) is 0.807. The molecule has 0 aliphatic heterocycles. The van der Waals surface area contributed by atoms with Gasteiger partial charge in [-0.1, -0.05) is 17.7 Å². The first-order valence-corrected chi connectivity index (χ1v) is 8.35. The summed E-state index contributed by atoms with van der Waals surface area (Å²) in [6.45, 7) is 8.34. The van der Waals surface area contributed by atoms with Crippen LogP contribution in [0, 0.1) is 20.8 Å². The Balaban J connectivity index is 1.77. The van der Waals surface area contributed by atoms with E-state index >= 15 is 0 Å². The first-order chi connectivity index (χ1) is 11.9. The van der Waals surface area contributed by atoms with Gasteiger partial charge >= 0.3 is 0 Å². The molecule has 0 bridgehead atoms. The van der Waals surface area contributed by atoms with Gasteiger partial charge in [-0.3, -0.25) is 9.59 Å². The summed E-state index contributed by atoms with van der Waals surface area (Å²) in [5, 5.41) is 9.75. The molecule has 2 aromatic rings. The molecule has 0 fully saturated rings. The number of amides is 2. The molecule has 0 aliphatic rings. The minimum atomic E-state index is -0.158. The minimum Gasteiger partial charge on any atom is -0.354 e. The number of nitrogens with one attached hydrogen (secondary N) is 2. The number of rotatable bonds is 7. The predicted molar refractivity (Wildman–Crippen MR) is 96.3 cm³/mol. The molecule has 7 nitrogen and oxygen atoms in total. The van der Waals surface area contributed by atoms with E-state index in [4.69, 9.17) is 0 Å². The minimum absolute atomic E-state index is 0.0122. The third-order valence-corrected chi connectivity index (χ3v) is 4.00. The molecule has 0 saturated heterocycles. The summed E-state index contributed by atoms with van der Waals surface area (Å²) in [6.07, 6.45) is 3.37. The van der Waals surface area contributed by atoms with Crippen LogP contribution < -0.4 is 10.6 Å². The maximum absolute atomic E-state index is 12.1. The van der Waals surface area contributed by atoms with Crippen molar-refractivity contribution in [2.24, 2.45) is 0 Å². The summed E-state index contributed by atoms with van der Waals surface area (Å²) in [4.78, 5) is 27.9. The number of hydrogen-bond acceptors (Lipinski definition) is 4. The first kappa shape index (κ1) is 18.6. The molecule has 134 valence electrons. The summed E-state index contributed by atoms with van der Waals surface area (Å²) in [5.74, 6) is -0.311. The molecule has 7 heteroatoms. The van der Waals surface area contributed by atoms with Crippen molar-refractivity contribution >= 4 is 17.5 Å². The lowest BCUT2D eigenvalue weighted by molar-refractivity contribution is -0.124. The van der Waals surface area contributed by atoms with Crippen molar-refractivity contribution in [3.63, 3.8) is 0 Å². The molecule has 2 rings (SSSR count). The monoisotopic (exact) mass is 343 g/mol. The highest BCUT2D eigenvalue weighted by Crippen LogP contribution is 2.22. The van der Waals surface area contributed by atoms with Crippen LogP contribution in [0.1, 0.15) is 42.5 Å². The number of carbonyl (C=O) groups excluding carboxylic acids is 2. The van der Waals surface area contributed by atoms with Crippen LogP contribution in [0.15, 0.2) is 24.8 Å². The number of nitrogens with zero attached hydrogens (tertiary/aromatic N) is 3. The highest BCUT2D eigenvalue weighted by molar-refractivity contribution is 5.94. The lowest BCUT2D eigenvalue weighted by atomic mass is 10.0. The van der Waals surface area contributed by atoms with Crippen LogP contribution in [0.4, 0.5) is 5.69 Å². The molecule has 0 aliphatic carbocycles. The van der Waals surface area contributed by atoms with Crippen molar-refractivity contribution in [1.82, 2.24) is 20.1 Å². The standard InChI is InChI=1S/C18H25N5O2/c1-12-7-13(2)18(14(3)8-12)22-17(25)6-5-16(24)20-9-15(4)23-11-19-10-21-23/h7-8,10-11,15H,5-6,9H2,1-4H3,(H,20,24)(H,22,25)/t15-/m1/s1. The van der Waals surface area contributed by atoms with Gasteiger partial charge in [0.2, 0.25) is 11.8 Å². The third kappa shape index (κ3) is 5.41. The molecule has 1 aromatic carbocycles. The summed E-state index contributed by atoms with van der Waals surface area (Å²) >= 11 is 0. The van der Waals surface area contributed by atoms with E-state index in [2.05, 4.69) is 20.7 Å². The molecule has 0 unspecified atom stereocenters. The molecular formula is C18H25N5O2. The molecule has 2 amide bonds. The van der Waals surface area contributed by atoms with Crippen LogP contribution in [0.25, 0.3) is 0 Å². The van der Waals surface area contributed by atoms with E-state index in [1.807, 2.05) is 39.8 Å². The van der Waals surface area contributed by atoms with E-state index < -0.39 is 0 Å². The van der Waals surface area contributed by atoms with Gasteiger partial charge in [0.25, 0.3) is 0 Å². The van der Waals surface area contributed by atoms with E-state index in [1.165, 1.54) is 6.33 Å². The van der Waals surface area contributed by atoms with Crippen molar-refractivity contribution in [2.45, 2.75) is 46.6 Å². The average molecular weight is 343 g/mol. The van der Waals surface area contributed by atoms with Crippen LogP contribution in [-0.2, 0) is 9.59 Å². The normalized spacial score (nSPS) is 11.8. The Morgan fingerprint density at radius 2 is 1.76 bits per heavy atom. The highest BCUT2D eigenvalue weighted by Gasteiger charge is 2.12. The zero-order valence-corrected chi connectivity index (χ0v) is 15.2. The summed E-state index contributed by atoms with van der Waals surface area (Å²) in [7, 11) is 0. The molecule has 0 spiro atoms. The Bertz CT molecular complexity index is 717. The van der Waals surface area contributed by atoms with E-state index in [9.17, 15) is 9.59 Å². The fourth-order valence-corrected chi connectivity index (χ4v) is 2.69. The Labute approximate surface area is 147 Å². The molecule has 1 aromatic heterocycles. The van der Waals surface area contributed by atoms with Crippen LogP contribution in [0.3, 0.4) is 0 Å². The maximum Gasteiger partial charge on any atom is 0.224 e. The van der Waals surface area contributed by atoms with Crippen molar-refractivity contribution in [3.05, 3.63) is 41.5 Å². The molecule has 1 atom stereocenters. The summed E-state index contributed by atoms with van der Waals surface area (Å²) < 4.78 is 1.68. The SMILES string of the molecule is Cc1cc(C)c(NC(=O)CCC(=O)NC[C@@H](C)n2cncn2)c(C)c1. The second-order valence-electron chi connectivity index (χ2n) is 6.35. The smallest absolute Gasteiger partial charge is 0.224 e. The van der Waals surface area contributed by atoms with Crippen molar-refractivity contribution in [1.29, 1.82) is 0 Å². The van der Waals surface area contributed by atoms with Gasteiger partial charge < -0.3 is 10.6 Å². The van der Waals surface area contributed by atoms with Crippen LogP contribution >= 0.6 is 0 Å². The molecular weight excluding hydrogens is 318 g/mol. The van der Waals surface area contributed by atoms with Gasteiger partial charge in [-0.25, -0.2) is 9.67 Å². The van der Waals surface area contributed by atoms with E-state index in [1.54, 1.807) is 11.0 Å². The van der Waals surface area contributed by atoms with Crippen molar-refractivity contribution in [3.8, 4) is 0 Å². The number of benzene rings is 1. The van der Waals surface area contributed by atoms with Gasteiger partial charge in [-0.05, 0) is 38.8 Å². The van der Waals surface area contributed by atoms with Crippen LogP contribution in [-0.4, -0.2) is 33.1 Å². The number of anilines is 1. The average Bonchev–Trinajstić information content (AvgIpc) is 3.08. The van der Waals surface area contributed by atoms with Gasteiger partial charge in [-0.2, -0.15) is 5.10 Å². The van der Waals surface area contributed by atoms with E-state index in [0.717, 1.165) is 22.4 Å². The van der Waals surface area contributed by atoms with Gasteiger partial charge in [0, 0.05) is 25.1 Å². The number of aryl methyl sites for hydroxylation is 3. The first-order valence-electron chi connectivity index (χ1n) is 8.35. The molecule has 25 heavy (non-hydrogen) atoms. The van der Waals surface area contributed by atoms with E-state index in [-0.39, 0.29) is 30.7 Å². The zero-order chi connectivity index (χ0) is 18.4. The van der Waals surface area contributed by atoms with Crippen molar-refractivity contribution in [2.75, 3.05) is 11.9 Å². The highest BCUT2D eigenvalue weighted by atomic mass is 16.2.